The minimum Gasteiger partial charge on any atom is -0.444 e. The zero-order valence-electron chi connectivity index (χ0n) is 12.5. The first-order chi connectivity index (χ1) is 9.09. The lowest BCUT2D eigenvalue weighted by atomic mass is 9.86. The molecule has 1 rings (SSSR count). The Labute approximate surface area is 119 Å². The highest BCUT2D eigenvalue weighted by atomic mass is 16.6. The number of amides is 2. The van der Waals surface area contributed by atoms with Crippen LogP contribution in [0.1, 0.15) is 34.1 Å². The van der Waals surface area contributed by atoms with Gasteiger partial charge < -0.3 is 20.5 Å². The average molecular weight is 284 g/mol. The smallest absolute Gasteiger partial charge is 0.404 e. The number of hydrogen-bond donors (Lipinski definition) is 2. The van der Waals surface area contributed by atoms with Crippen molar-refractivity contribution in [1.29, 1.82) is 0 Å². The summed E-state index contributed by atoms with van der Waals surface area (Å²) in [6.45, 7) is 8.31. The Hall–Kier alpha value is -1.56. The molecule has 1 heterocycles. The number of rotatable bonds is 5. The Morgan fingerprint density at radius 1 is 1.55 bits per heavy atom. The van der Waals surface area contributed by atoms with Crippen molar-refractivity contribution in [1.82, 2.24) is 4.90 Å². The van der Waals surface area contributed by atoms with Crippen LogP contribution in [0.3, 0.4) is 0 Å². The van der Waals surface area contributed by atoms with Gasteiger partial charge in [0.25, 0.3) is 0 Å². The second kappa shape index (κ2) is 6.26. The summed E-state index contributed by atoms with van der Waals surface area (Å²) in [5.74, 6) is -0.106. The highest BCUT2D eigenvalue weighted by Gasteiger charge is 2.30. The van der Waals surface area contributed by atoms with Gasteiger partial charge in [0.05, 0.1) is 12.6 Å². The largest absolute Gasteiger partial charge is 0.444 e. The van der Waals surface area contributed by atoms with E-state index in [0.29, 0.717) is 6.54 Å². The first-order valence-corrected chi connectivity index (χ1v) is 6.70. The van der Waals surface area contributed by atoms with Gasteiger partial charge in [-0.25, -0.2) is 4.79 Å². The lowest BCUT2D eigenvalue weighted by Gasteiger charge is -2.30. The lowest BCUT2D eigenvalue weighted by molar-refractivity contribution is -0.126. The first kappa shape index (κ1) is 16.5. The molecule has 114 valence electrons. The molecule has 2 amide bonds. The standard InChI is InChI=1S/C14H24N2O4/c1-9-5-12(18)16(7-9)8-10(20-13(15)19)6-11(17)14(2,3)4/h5,10-11,17H,6-8H2,1-4H3,(H2,15,19)/t10-,11?/m0/s1. The average Bonchev–Trinajstić information content (AvgIpc) is 2.54. The van der Waals surface area contributed by atoms with Crippen molar-refractivity contribution in [2.75, 3.05) is 13.1 Å². The van der Waals surface area contributed by atoms with Crippen molar-refractivity contribution in [2.24, 2.45) is 11.1 Å². The predicted molar refractivity (Wildman–Crippen MR) is 74.9 cm³/mol. The lowest BCUT2D eigenvalue weighted by Crippen LogP contribution is -2.41. The van der Waals surface area contributed by atoms with E-state index >= 15 is 0 Å². The normalized spacial score (nSPS) is 18.8. The van der Waals surface area contributed by atoms with Crippen LogP contribution in [0.25, 0.3) is 0 Å². The van der Waals surface area contributed by atoms with Gasteiger partial charge in [-0.2, -0.15) is 0 Å². The van der Waals surface area contributed by atoms with E-state index < -0.39 is 18.3 Å². The maximum absolute atomic E-state index is 11.7. The maximum Gasteiger partial charge on any atom is 0.404 e. The van der Waals surface area contributed by atoms with Gasteiger partial charge in [-0.3, -0.25) is 4.79 Å². The molecule has 0 aromatic rings. The molecule has 20 heavy (non-hydrogen) atoms. The topological polar surface area (TPSA) is 92.9 Å². The Morgan fingerprint density at radius 2 is 2.15 bits per heavy atom. The molecule has 0 bridgehead atoms. The van der Waals surface area contributed by atoms with Crippen molar-refractivity contribution in [2.45, 2.75) is 46.3 Å². The molecule has 0 radical (unpaired) electrons. The Kier molecular flexibility index (Phi) is 5.16. The molecule has 0 aromatic carbocycles. The van der Waals surface area contributed by atoms with Crippen LogP contribution in [-0.2, 0) is 9.53 Å². The summed E-state index contributed by atoms with van der Waals surface area (Å²) in [5.41, 5.74) is 5.69. The molecule has 3 N–H and O–H groups in total. The summed E-state index contributed by atoms with van der Waals surface area (Å²) in [5, 5.41) is 10.1. The molecule has 0 aromatic heterocycles. The number of carbonyl (C=O) groups excluding carboxylic acids is 2. The van der Waals surface area contributed by atoms with Gasteiger partial charge in [0, 0.05) is 19.0 Å². The Balaban J connectivity index is 2.66. The fourth-order valence-corrected chi connectivity index (χ4v) is 2.05. The number of nitrogens with zero attached hydrogens (tertiary/aromatic N) is 1. The summed E-state index contributed by atoms with van der Waals surface area (Å²) in [4.78, 5) is 24.2. The van der Waals surface area contributed by atoms with Crippen LogP contribution in [0.5, 0.6) is 0 Å². The van der Waals surface area contributed by atoms with Gasteiger partial charge >= 0.3 is 6.09 Å². The molecule has 6 heteroatoms. The van der Waals surface area contributed by atoms with Crippen molar-refractivity contribution >= 4 is 12.0 Å². The summed E-state index contributed by atoms with van der Waals surface area (Å²) in [6.07, 6.45) is -0.354. The molecular formula is C14H24N2O4. The van der Waals surface area contributed by atoms with Gasteiger partial charge in [0.2, 0.25) is 5.91 Å². The van der Waals surface area contributed by atoms with Crippen molar-refractivity contribution in [3.63, 3.8) is 0 Å². The molecule has 2 atom stereocenters. The zero-order valence-corrected chi connectivity index (χ0v) is 12.5. The van der Waals surface area contributed by atoms with Gasteiger partial charge in [0.1, 0.15) is 6.10 Å². The van der Waals surface area contributed by atoms with Crippen LogP contribution in [0.2, 0.25) is 0 Å². The summed E-state index contributed by atoms with van der Waals surface area (Å²) in [7, 11) is 0. The van der Waals surface area contributed by atoms with E-state index in [9.17, 15) is 14.7 Å². The van der Waals surface area contributed by atoms with Crippen LogP contribution in [0, 0.1) is 5.41 Å². The molecule has 0 saturated carbocycles. The van der Waals surface area contributed by atoms with Crippen molar-refractivity contribution < 1.29 is 19.4 Å². The number of aliphatic hydroxyl groups excluding tert-OH is 1. The predicted octanol–water partition coefficient (Wildman–Crippen LogP) is 1.04. The van der Waals surface area contributed by atoms with Crippen LogP contribution in [-0.4, -0.2) is 47.3 Å². The van der Waals surface area contributed by atoms with E-state index in [0.717, 1.165) is 5.57 Å². The van der Waals surface area contributed by atoms with Gasteiger partial charge in [-0.05, 0) is 17.9 Å². The molecule has 0 fully saturated rings. The highest BCUT2D eigenvalue weighted by Crippen LogP contribution is 2.24. The highest BCUT2D eigenvalue weighted by molar-refractivity contribution is 5.91. The number of carbonyl (C=O) groups is 2. The van der Waals surface area contributed by atoms with Crippen molar-refractivity contribution in [3.05, 3.63) is 11.6 Å². The summed E-state index contributed by atoms with van der Waals surface area (Å²) < 4.78 is 5.02. The van der Waals surface area contributed by atoms with E-state index in [-0.39, 0.29) is 24.3 Å². The van der Waals surface area contributed by atoms with E-state index in [1.807, 2.05) is 27.7 Å². The first-order valence-electron chi connectivity index (χ1n) is 6.70. The fourth-order valence-electron chi connectivity index (χ4n) is 2.05. The minimum absolute atomic E-state index is 0.106. The monoisotopic (exact) mass is 284 g/mol. The number of hydrogen-bond acceptors (Lipinski definition) is 4. The van der Waals surface area contributed by atoms with Crippen LogP contribution in [0.4, 0.5) is 4.79 Å². The van der Waals surface area contributed by atoms with Crippen LogP contribution < -0.4 is 5.73 Å². The van der Waals surface area contributed by atoms with E-state index in [1.54, 1.807) is 11.0 Å². The SMILES string of the molecule is CC1=CC(=O)N(C[C@H](CC(O)C(C)(C)C)OC(N)=O)C1. The Bertz CT molecular complexity index is 412. The van der Waals surface area contributed by atoms with Crippen molar-refractivity contribution in [3.8, 4) is 0 Å². The summed E-state index contributed by atoms with van der Waals surface area (Å²) in [6, 6.07) is 0. The minimum atomic E-state index is -0.896. The number of nitrogens with two attached hydrogens (primary N) is 1. The molecule has 6 nitrogen and oxygen atoms in total. The molecule has 1 aliphatic heterocycles. The summed E-state index contributed by atoms with van der Waals surface area (Å²) >= 11 is 0. The van der Waals surface area contributed by atoms with Crippen LogP contribution in [0.15, 0.2) is 11.6 Å². The number of ether oxygens (including phenoxy) is 1. The molecule has 1 unspecified atom stereocenters. The quantitative estimate of drug-likeness (QED) is 0.788. The zero-order chi connectivity index (χ0) is 15.5. The molecule has 1 aliphatic rings. The molecule has 0 spiro atoms. The fraction of sp³-hybridized carbons (Fsp3) is 0.714. The van der Waals surface area contributed by atoms with Gasteiger partial charge in [-0.15, -0.1) is 0 Å². The Morgan fingerprint density at radius 3 is 2.55 bits per heavy atom. The third-order valence-electron chi connectivity index (χ3n) is 3.31. The van der Waals surface area contributed by atoms with E-state index in [2.05, 4.69) is 0 Å². The van der Waals surface area contributed by atoms with E-state index in [1.165, 1.54) is 0 Å². The third-order valence-corrected chi connectivity index (χ3v) is 3.31. The van der Waals surface area contributed by atoms with Gasteiger partial charge in [0.15, 0.2) is 0 Å². The van der Waals surface area contributed by atoms with E-state index in [4.69, 9.17) is 10.5 Å². The molecule has 0 saturated heterocycles. The second-order valence-electron chi connectivity index (χ2n) is 6.39. The number of aliphatic hydroxyl groups is 1. The third kappa shape index (κ3) is 4.85. The molecular weight excluding hydrogens is 260 g/mol. The van der Waals surface area contributed by atoms with Crippen LogP contribution >= 0.6 is 0 Å². The maximum atomic E-state index is 11.7. The second-order valence-corrected chi connectivity index (χ2v) is 6.39. The molecule has 0 aliphatic carbocycles. The van der Waals surface area contributed by atoms with Gasteiger partial charge in [-0.1, -0.05) is 20.8 Å². The number of primary amides is 1.